The van der Waals surface area contributed by atoms with Crippen LogP contribution in [-0.2, 0) is 0 Å². The molecular formula is C15H18N4OS. The fourth-order valence-corrected chi connectivity index (χ4v) is 2.05. The second kappa shape index (κ2) is 6.67. The van der Waals surface area contributed by atoms with Crippen LogP contribution in [-0.4, -0.2) is 26.8 Å². The summed E-state index contributed by atoms with van der Waals surface area (Å²) in [4.78, 5) is 12.6. The molecule has 21 heavy (non-hydrogen) atoms. The lowest BCUT2D eigenvalue weighted by Crippen LogP contribution is -2.24. The molecule has 0 unspecified atom stereocenters. The minimum absolute atomic E-state index is 0.249. The second-order valence-corrected chi connectivity index (χ2v) is 5.69. The van der Waals surface area contributed by atoms with Crippen molar-refractivity contribution in [1.29, 1.82) is 0 Å². The van der Waals surface area contributed by atoms with Crippen molar-refractivity contribution >= 4 is 17.5 Å². The van der Waals surface area contributed by atoms with Crippen LogP contribution in [0, 0.1) is 5.92 Å². The Kier molecular flexibility index (Phi) is 4.90. The molecule has 1 heterocycles. The van der Waals surface area contributed by atoms with Crippen molar-refractivity contribution in [2.75, 3.05) is 6.26 Å². The molecule has 6 heteroatoms. The molecule has 0 saturated heterocycles. The first-order chi connectivity index (χ1) is 10.0. The second-order valence-electron chi connectivity index (χ2n) is 4.91. The van der Waals surface area contributed by atoms with Gasteiger partial charge in [-0.15, -0.1) is 10.2 Å². The van der Waals surface area contributed by atoms with Crippen LogP contribution in [0.2, 0.25) is 0 Å². The van der Waals surface area contributed by atoms with Gasteiger partial charge >= 0.3 is 5.56 Å². The third-order valence-corrected chi connectivity index (χ3v) is 3.75. The SMILES string of the molecule is CSc1nnc(-c2ccccc2)c(=O)n1N=C(C)C(C)C. The Morgan fingerprint density at radius 3 is 2.48 bits per heavy atom. The van der Waals surface area contributed by atoms with E-state index < -0.39 is 0 Å². The molecule has 0 fully saturated rings. The van der Waals surface area contributed by atoms with E-state index in [1.807, 2.05) is 57.4 Å². The first-order valence-electron chi connectivity index (χ1n) is 6.69. The normalized spacial score (nSPS) is 12.0. The van der Waals surface area contributed by atoms with E-state index in [4.69, 9.17) is 0 Å². The number of thioether (sulfide) groups is 1. The molecule has 0 saturated carbocycles. The summed E-state index contributed by atoms with van der Waals surface area (Å²) in [6, 6.07) is 9.31. The maximum atomic E-state index is 12.6. The van der Waals surface area contributed by atoms with E-state index >= 15 is 0 Å². The summed E-state index contributed by atoms with van der Waals surface area (Å²) in [5.74, 6) is 0.264. The smallest absolute Gasteiger partial charge is 0.265 e. The Labute approximate surface area is 128 Å². The lowest BCUT2D eigenvalue weighted by molar-refractivity contribution is 0.642. The molecule has 2 aromatic rings. The zero-order chi connectivity index (χ0) is 15.4. The van der Waals surface area contributed by atoms with Crippen LogP contribution in [0.15, 0.2) is 45.4 Å². The summed E-state index contributed by atoms with van der Waals surface area (Å²) in [7, 11) is 0. The number of aromatic nitrogens is 3. The van der Waals surface area contributed by atoms with Gasteiger partial charge in [0.1, 0.15) is 0 Å². The third kappa shape index (κ3) is 3.39. The molecule has 0 radical (unpaired) electrons. The van der Waals surface area contributed by atoms with Gasteiger partial charge in [0.2, 0.25) is 5.16 Å². The maximum Gasteiger partial charge on any atom is 0.301 e. The fraction of sp³-hybridized carbons (Fsp3) is 0.333. The highest BCUT2D eigenvalue weighted by atomic mass is 32.2. The van der Waals surface area contributed by atoms with Gasteiger partial charge < -0.3 is 0 Å². The third-order valence-electron chi connectivity index (χ3n) is 3.13. The van der Waals surface area contributed by atoms with Crippen molar-refractivity contribution < 1.29 is 0 Å². The molecule has 110 valence electrons. The van der Waals surface area contributed by atoms with Crippen LogP contribution in [0.1, 0.15) is 20.8 Å². The monoisotopic (exact) mass is 302 g/mol. The fourth-order valence-electron chi connectivity index (χ4n) is 1.63. The Morgan fingerprint density at radius 2 is 1.90 bits per heavy atom. The minimum Gasteiger partial charge on any atom is -0.265 e. The van der Waals surface area contributed by atoms with Gasteiger partial charge in [-0.3, -0.25) is 4.79 Å². The molecule has 0 atom stereocenters. The molecule has 0 N–H and O–H groups in total. The molecule has 5 nitrogen and oxygen atoms in total. The summed E-state index contributed by atoms with van der Waals surface area (Å²) in [6.07, 6.45) is 1.85. The van der Waals surface area contributed by atoms with Crippen LogP contribution in [0.25, 0.3) is 11.3 Å². The van der Waals surface area contributed by atoms with Crippen molar-refractivity contribution in [2.24, 2.45) is 11.0 Å². The van der Waals surface area contributed by atoms with Crippen molar-refractivity contribution in [2.45, 2.75) is 25.9 Å². The maximum absolute atomic E-state index is 12.6. The molecule has 0 amide bonds. The summed E-state index contributed by atoms with van der Waals surface area (Å²) in [6.45, 7) is 5.98. The zero-order valence-corrected chi connectivity index (χ0v) is 13.4. The molecule has 0 aliphatic heterocycles. The number of nitrogens with zero attached hydrogens (tertiary/aromatic N) is 4. The number of benzene rings is 1. The molecule has 2 rings (SSSR count). The Bertz CT molecular complexity index is 707. The highest BCUT2D eigenvalue weighted by Gasteiger charge is 2.13. The van der Waals surface area contributed by atoms with Gasteiger partial charge in [0.15, 0.2) is 5.69 Å². The average Bonchev–Trinajstić information content (AvgIpc) is 2.49. The van der Waals surface area contributed by atoms with Crippen molar-refractivity contribution in [3.8, 4) is 11.3 Å². The van der Waals surface area contributed by atoms with E-state index in [9.17, 15) is 4.79 Å². The van der Waals surface area contributed by atoms with E-state index in [1.54, 1.807) is 0 Å². The topological polar surface area (TPSA) is 60.1 Å². The number of rotatable bonds is 4. The van der Waals surface area contributed by atoms with Gasteiger partial charge in [0.25, 0.3) is 0 Å². The van der Waals surface area contributed by atoms with Gasteiger partial charge in [0.05, 0.1) is 0 Å². The summed E-state index contributed by atoms with van der Waals surface area (Å²) >= 11 is 1.35. The van der Waals surface area contributed by atoms with E-state index in [-0.39, 0.29) is 11.5 Å². The standard InChI is InChI=1S/C15H18N4OS/c1-10(2)11(3)18-19-14(20)13(16-17-15(19)21-4)12-8-6-5-7-9-12/h5-10H,1-4H3. The summed E-state index contributed by atoms with van der Waals surface area (Å²) < 4.78 is 1.34. The van der Waals surface area contributed by atoms with E-state index in [0.717, 1.165) is 11.3 Å². The molecule has 0 aliphatic carbocycles. The van der Waals surface area contributed by atoms with Crippen LogP contribution in [0.4, 0.5) is 0 Å². The van der Waals surface area contributed by atoms with Crippen LogP contribution < -0.4 is 5.56 Å². The van der Waals surface area contributed by atoms with Gasteiger partial charge in [-0.25, -0.2) is 0 Å². The molecule has 0 aliphatic rings. The predicted octanol–water partition coefficient (Wildman–Crippen LogP) is 2.91. The van der Waals surface area contributed by atoms with E-state index in [0.29, 0.717) is 10.9 Å². The van der Waals surface area contributed by atoms with Crippen molar-refractivity contribution in [3.63, 3.8) is 0 Å². The van der Waals surface area contributed by atoms with E-state index in [2.05, 4.69) is 15.3 Å². The van der Waals surface area contributed by atoms with Crippen molar-refractivity contribution in [3.05, 3.63) is 40.7 Å². The van der Waals surface area contributed by atoms with Crippen LogP contribution >= 0.6 is 11.8 Å². The van der Waals surface area contributed by atoms with Gasteiger partial charge in [-0.05, 0) is 19.1 Å². The van der Waals surface area contributed by atoms with Crippen LogP contribution in [0.3, 0.4) is 0 Å². The Hall–Kier alpha value is -1.95. The highest BCUT2D eigenvalue weighted by Crippen LogP contribution is 2.15. The molecule has 0 bridgehead atoms. The Balaban J connectivity index is 2.64. The van der Waals surface area contributed by atoms with Gasteiger partial charge in [-0.2, -0.15) is 9.78 Å². The lowest BCUT2D eigenvalue weighted by Gasteiger charge is -2.09. The minimum atomic E-state index is -0.249. The van der Waals surface area contributed by atoms with Gasteiger partial charge in [-0.1, -0.05) is 55.9 Å². The summed E-state index contributed by atoms with van der Waals surface area (Å²) in [5, 5.41) is 13.1. The molecular weight excluding hydrogens is 284 g/mol. The zero-order valence-electron chi connectivity index (χ0n) is 12.6. The first-order valence-corrected chi connectivity index (χ1v) is 7.91. The van der Waals surface area contributed by atoms with Gasteiger partial charge in [0, 0.05) is 11.3 Å². The predicted molar refractivity (Wildman–Crippen MR) is 86.9 cm³/mol. The Morgan fingerprint density at radius 1 is 1.24 bits per heavy atom. The number of hydrogen-bond donors (Lipinski definition) is 0. The largest absolute Gasteiger partial charge is 0.301 e. The summed E-state index contributed by atoms with van der Waals surface area (Å²) in [5.41, 5.74) is 1.68. The molecule has 1 aromatic carbocycles. The quantitative estimate of drug-likeness (QED) is 0.643. The average molecular weight is 302 g/mol. The molecule has 0 spiro atoms. The van der Waals surface area contributed by atoms with Crippen molar-refractivity contribution in [1.82, 2.24) is 14.9 Å². The lowest BCUT2D eigenvalue weighted by atomic mass is 10.1. The number of hydrogen-bond acceptors (Lipinski definition) is 5. The molecule has 1 aromatic heterocycles. The first kappa shape index (κ1) is 15.4. The van der Waals surface area contributed by atoms with Crippen LogP contribution in [0.5, 0.6) is 0 Å². The highest BCUT2D eigenvalue weighted by molar-refractivity contribution is 7.98. The van der Waals surface area contributed by atoms with E-state index in [1.165, 1.54) is 16.4 Å².